The molecule has 1 heterocycles. The Morgan fingerprint density at radius 2 is 2.00 bits per heavy atom. The van der Waals surface area contributed by atoms with Crippen molar-refractivity contribution >= 4 is 50.7 Å². The van der Waals surface area contributed by atoms with Crippen LogP contribution in [0.2, 0.25) is 10.2 Å². The molecular formula is C11H6BrCl2N3O. The molecule has 1 N–H and O–H groups in total. The Labute approximate surface area is 121 Å². The first-order chi connectivity index (χ1) is 8.58. The van der Waals surface area contributed by atoms with Gasteiger partial charge in [0.25, 0.3) is 5.91 Å². The van der Waals surface area contributed by atoms with E-state index >= 15 is 0 Å². The number of benzene rings is 1. The van der Waals surface area contributed by atoms with Gasteiger partial charge in [-0.2, -0.15) is 0 Å². The quantitative estimate of drug-likeness (QED) is 0.899. The van der Waals surface area contributed by atoms with E-state index in [0.29, 0.717) is 15.2 Å². The van der Waals surface area contributed by atoms with E-state index in [4.69, 9.17) is 23.2 Å². The van der Waals surface area contributed by atoms with Crippen LogP contribution >= 0.6 is 39.1 Å². The van der Waals surface area contributed by atoms with Crippen molar-refractivity contribution in [3.05, 3.63) is 50.9 Å². The van der Waals surface area contributed by atoms with Crippen molar-refractivity contribution in [1.82, 2.24) is 9.97 Å². The van der Waals surface area contributed by atoms with Crippen LogP contribution in [0, 0.1) is 0 Å². The van der Waals surface area contributed by atoms with Crippen molar-refractivity contribution < 1.29 is 4.79 Å². The molecule has 4 nitrogen and oxygen atoms in total. The van der Waals surface area contributed by atoms with Crippen molar-refractivity contribution in [2.75, 3.05) is 5.32 Å². The van der Waals surface area contributed by atoms with Gasteiger partial charge in [-0.05, 0) is 28.1 Å². The maximum absolute atomic E-state index is 11.9. The van der Waals surface area contributed by atoms with Gasteiger partial charge in [-0.15, -0.1) is 0 Å². The van der Waals surface area contributed by atoms with E-state index in [2.05, 4.69) is 31.2 Å². The molecule has 92 valence electrons. The molecule has 0 aliphatic carbocycles. The van der Waals surface area contributed by atoms with Gasteiger partial charge in [0.15, 0.2) is 0 Å². The van der Waals surface area contributed by atoms with Gasteiger partial charge >= 0.3 is 0 Å². The fraction of sp³-hybridized carbons (Fsp3) is 0. The van der Waals surface area contributed by atoms with Crippen molar-refractivity contribution in [2.45, 2.75) is 0 Å². The van der Waals surface area contributed by atoms with Crippen LogP contribution in [-0.4, -0.2) is 15.9 Å². The van der Waals surface area contributed by atoms with Gasteiger partial charge in [-0.1, -0.05) is 29.3 Å². The molecule has 0 fully saturated rings. The van der Waals surface area contributed by atoms with Crippen molar-refractivity contribution in [2.24, 2.45) is 0 Å². The standard InChI is InChI=1S/C11H6BrCl2N3O/c12-10-6(13)2-1-3-7(10)17-11(18)8-4-16-9(14)5-15-8/h1-5H,(H,17,18). The van der Waals surface area contributed by atoms with E-state index < -0.39 is 0 Å². The number of aromatic nitrogens is 2. The number of hydrogen-bond acceptors (Lipinski definition) is 3. The molecule has 0 spiro atoms. The number of anilines is 1. The van der Waals surface area contributed by atoms with Crippen molar-refractivity contribution in [1.29, 1.82) is 0 Å². The summed E-state index contributed by atoms with van der Waals surface area (Å²) >= 11 is 14.8. The van der Waals surface area contributed by atoms with Crippen LogP contribution < -0.4 is 5.32 Å². The lowest BCUT2D eigenvalue weighted by Gasteiger charge is -2.07. The predicted molar refractivity (Wildman–Crippen MR) is 74.1 cm³/mol. The Morgan fingerprint density at radius 1 is 1.22 bits per heavy atom. The molecular weight excluding hydrogens is 341 g/mol. The molecule has 0 saturated carbocycles. The largest absolute Gasteiger partial charge is 0.320 e. The van der Waals surface area contributed by atoms with E-state index in [9.17, 15) is 4.79 Å². The number of carbonyl (C=O) groups excluding carboxylic acids is 1. The van der Waals surface area contributed by atoms with Crippen LogP contribution in [0.4, 0.5) is 5.69 Å². The number of nitrogens with one attached hydrogen (secondary N) is 1. The maximum Gasteiger partial charge on any atom is 0.275 e. The Hall–Kier alpha value is -1.17. The summed E-state index contributed by atoms with van der Waals surface area (Å²) in [5.74, 6) is -0.387. The third-order valence-electron chi connectivity index (χ3n) is 2.05. The molecule has 2 rings (SSSR count). The summed E-state index contributed by atoms with van der Waals surface area (Å²) in [6, 6.07) is 5.16. The van der Waals surface area contributed by atoms with Crippen LogP contribution in [0.3, 0.4) is 0 Å². The zero-order valence-electron chi connectivity index (χ0n) is 8.82. The molecule has 1 aromatic heterocycles. The summed E-state index contributed by atoms with van der Waals surface area (Å²) in [4.78, 5) is 19.5. The second-order valence-electron chi connectivity index (χ2n) is 3.28. The zero-order chi connectivity index (χ0) is 13.1. The van der Waals surface area contributed by atoms with Crippen molar-refractivity contribution in [3.8, 4) is 0 Å². The number of rotatable bonds is 2. The van der Waals surface area contributed by atoms with Gasteiger partial charge in [0, 0.05) is 0 Å². The highest BCUT2D eigenvalue weighted by atomic mass is 79.9. The van der Waals surface area contributed by atoms with Crippen LogP contribution in [0.5, 0.6) is 0 Å². The van der Waals surface area contributed by atoms with Crippen LogP contribution in [0.1, 0.15) is 10.5 Å². The number of carbonyl (C=O) groups is 1. The Morgan fingerprint density at radius 3 is 2.67 bits per heavy atom. The third-order valence-corrected chi connectivity index (χ3v) is 3.65. The monoisotopic (exact) mass is 345 g/mol. The molecule has 0 radical (unpaired) electrons. The average molecular weight is 347 g/mol. The second-order valence-corrected chi connectivity index (χ2v) is 4.87. The number of amides is 1. The second kappa shape index (κ2) is 5.65. The van der Waals surface area contributed by atoms with E-state index in [-0.39, 0.29) is 16.8 Å². The minimum absolute atomic E-state index is 0.172. The highest BCUT2D eigenvalue weighted by molar-refractivity contribution is 9.10. The molecule has 1 aromatic carbocycles. The van der Waals surface area contributed by atoms with Crippen molar-refractivity contribution in [3.63, 3.8) is 0 Å². The highest BCUT2D eigenvalue weighted by Crippen LogP contribution is 2.30. The lowest BCUT2D eigenvalue weighted by molar-refractivity contribution is 0.102. The Bertz CT molecular complexity index is 589. The van der Waals surface area contributed by atoms with E-state index in [1.165, 1.54) is 12.4 Å². The van der Waals surface area contributed by atoms with Gasteiger partial charge < -0.3 is 5.32 Å². The van der Waals surface area contributed by atoms with E-state index in [0.717, 1.165) is 0 Å². The minimum atomic E-state index is -0.387. The van der Waals surface area contributed by atoms with Crippen LogP contribution in [0.25, 0.3) is 0 Å². The molecule has 2 aromatic rings. The molecule has 18 heavy (non-hydrogen) atoms. The maximum atomic E-state index is 11.9. The molecule has 0 atom stereocenters. The number of halogens is 3. The Kier molecular flexibility index (Phi) is 4.16. The molecule has 0 saturated heterocycles. The van der Waals surface area contributed by atoms with Gasteiger partial charge in [0.2, 0.25) is 0 Å². The molecule has 1 amide bonds. The normalized spacial score (nSPS) is 10.2. The summed E-state index contributed by atoms with van der Waals surface area (Å²) in [5.41, 5.74) is 0.732. The summed E-state index contributed by atoms with van der Waals surface area (Å²) in [5, 5.41) is 3.41. The van der Waals surface area contributed by atoms with Crippen LogP contribution in [0.15, 0.2) is 35.1 Å². The van der Waals surface area contributed by atoms with E-state index in [1.54, 1.807) is 18.2 Å². The zero-order valence-corrected chi connectivity index (χ0v) is 11.9. The average Bonchev–Trinajstić information content (AvgIpc) is 2.36. The van der Waals surface area contributed by atoms with Crippen LogP contribution in [-0.2, 0) is 0 Å². The first kappa shape index (κ1) is 13.3. The topological polar surface area (TPSA) is 54.9 Å². The lowest BCUT2D eigenvalue weighted by Crippen LogP contribution is -2.14. The SMILES string of the molecule is O=C(Nc1cccc(Cl)c1Br)c1cnc(Cl)cn1. The Balaban J connectivity index is 2.21. The molecule has 7 heteroatoms. The first-order valence-corrected chi connectivity index (χ1v) is 6.35. The smallest absolute Gasteiger partial charge is 0.275 e. The van der Waals surface area contributed by atoms with E-state index in [1.807, 2.05) is 0 Å². The molecule has 0 bridgehead atoms. The minimum Gasteiger partial charge on any atom is -0.320 e. The fourth-order valence-electron chi connectivity index (χ4n) is 1.22. The predicted octanol–water partition coefficient (Wildman–Crippen LogP) is 3.80. The highest BCUT2D eigenvalue weighted by Gasteiger charge is 2.11. The van der Waals surface area contributed by atoms with Gasteiger partial charge in [0.1, 0.15) is 10.8 Å². The molecule has 0 unspecified atom stereocenters. The number of hydrogen-bond donors (Lipinski definition) is 1. The molecule has 0 aliphatic rings. The van der Waals surface area contributed by atoms with Gasteiger partial charge in [0.05, 0.1) is 27.6 Å². The fourth-order valence-corrected chi connectivity index (χ4v) is 1.85. The summed E-state index contributed by atoms with van der Waals surface area (Å²) in [6.07, 6.45) is 2.61. The van der Waals surface area contributed by atoms with Gasteiger partial charge in [-0.25, -0.2) is 9.97 Å². The molecule has 0 aliphatic heterocycles. The summed E-state index contributed by atoms with van der Waals surface area (Å²) < 4.78 is 0.613. The lowest BCUT2D eigenvalue weighted by atomic mass is 10.3. The summed E-state index contributed by atoms with van der Waals surface area (Å²) in [7, 11) is 0. The first-order valence-electron chi connectivity index (χ1n) is 4.81. The summed E-state index contributed by atoms with van der Waals surface area (Å²) in [6.45, 7) is 0. The number of nitrogens with zero attached hydrogens (tertiary/aromatic N) is 2. The van der Waals surface area contributed by atoms with Gasteiger partial charge in [-0.3, -0.25) is 4.79 Å². The third kappa shape index (κ3) is 2.98.